The Morgan fingerprint density at radius 2 is 2.24 bits per heavy atom. The molecule has 0 aromatic carbocycles. The highest BCUT2D eigenvalue weighted by Gasteiger charge is 2.31. The molecule has 1 fully saturated rings. The van der Waals surface area contributed by atoms with Crippen molar-refractivity contribution in [1.82, 2.24) is 4.98 Å². The first-order chi connectivity index (χ1) is 8.15. The molecule has 6 heteroatoms. The number of rotatable bonds is 3. The summed E-state index contributed by atoms with van der Waals surface area (Å²) in [4.78, 5) is 4.28. The van der Waals surface area contributed by atoms with E-state index >= 15 is 0 Å². The van der Waals surface area contributed by atoms with Crippen LogP contribution in [0.25, 0.3) is 0 Å². The van der Waals surface area contributed by atoms with Crippen molar-refractivity contribution in [2.75, 3.05) is 25.1 Å². The van der Waals surface area contributed by atoms with E-state index in [4.69, 9.17) is 22.1 Å². The Bertz CT molecular complexity index is 396. The third kappa shape index (κ3) is 3.10. The summed E-state index contributed by atoms with van der Waals surface area (Å²) in [7, 11) is 0. The van der Waals surface area contributed by atoms with Gasteiger partial charge in [0.15, 0.2) is 0 Å². The average Bonchev–Trinajstić information content (AvgIpc) is 2.34. The molecule has 0 radical (unpaired) electrons. The summed E-state index contributed by atoms with van der Waals surface area (Å²) >= 11 is 9.31. The van der Waals surface area contributed by atoms with Gasteiger partial charge in [-0.05, 0) is 34.8 Å². The Morgan fingerprint density at radius 3 is 2.82 bits per heavy atom. The lowest BCUT2D eigenvalue weighted by molar-refractivity contribution is 0.0626. The second-order valence-electron chi connectivity index (χ2n) is 4.21. The molecule has 2 heterocycles. The molecule has 0 saturated carbocycles. The van der Waals surface area contributed by atoms with E-state index in [1.807, 2.05) is 6.07 Å². The summed E-state index contributed by atoms with van der Waals surface area (Å²) in [5.74, 6) is 0.779. The van der Waals surface area contributed by atoms with E-state index in [0.717, 1.165) is 36.3 Å². The molecule has 94 valence electrons. The molecule has 1 aromatic heterocycles. The van der Waals surface area contributed by atoms with Crippen LogP contribution < -0.4 is 11.1 Å². The normalized spacial score (nSPS) is 19.0. The summed E-state index contributed by atoms with van der Waals surface area (Å²) in [6, 6.07) is 1.82. The summed E-state index contributed by atoms with van der Waals surface area (Å²) in [6.07, 6.45) is 3.40. The SMILES string of the molecule is NCC1(Nc2ncc(Cl)cc2Br)CCOCC1. The van der Waals surface area contributed by atoms with Crippen LogP contribution in [0.1, 0.15) is 12.8 Å². The molecule has 0 unspecified atom stereocenters. The quantitative estimate of drug-likeness (QED) is 0.898. The van der Waals surface area contributed by atoms with Crippen LogP contribution in [0, 0.1) is 0 Å². The van der Waals surface area contributed by atoms with Crippen molar-refractivity contribution >= 4 is 33.3 Å². The highest BCUT2D eigenvalue weighted by molar-refractivity contribution is 9.10. The van der Waals surface area contributed by atoms with Crippen molar-refractivity contribution in [2.24, 2.45) is 5.73 Å². The molecule has 1 aliphatic heterocycles. The molecular weight excluding hydrogens is 305 g/mol. The molecule has 1 saturated heterocycles. The Kier molecular flexibility index (Phi) is 4.25. The number of halogens is 2. The minimum atomic E-state index is -0.123. The van der Waals surface area contributed by atoms with Gasteiger partial charge < -0.3 is 15.8 Å². The predicted octanol–water partition coefficient (Wildman–Crippen LogP) is 2.42. The van der Waals surface area contributed by atoms with Crippen molar-refractivity contribution in [2.45, 2.75) is 18.4 Å². The Morgan fingerprint density at radius 1 is 1.53 bits per heavy atom. The van der Waals surface area contributed by atoms with Crippen molar-refractivity contribution in [3.63, 3.8) is 0 Å². The standard InChI is InChI=1S/C11H15BrClN3O/c12-9-5-8(13)6-15-10(9)16-11(7-14)1-3-17-4-2-11/h5-6H,1-4,7,14H2,(H,15,16). The van der Waals surface area contributed by atoms with Crippen LogP contribution >= 0.6 is 27.5 Å². The number of anilines is 1. The first-order valence-electron chi connectivity index (χ1n) is 5.52. The van der Waals surface area contributed by atoms with Crippen molar-refractivity contribution in [3.05, 3.63) is 21.8 Å². The highest BCUT2D eigenvalue weighted by atomic mass is 79.9. The lowest BCUT2D eigenvalue weighted by Crippen LogP contribution is -2.49. The lowest BCUT2D eigenvalue weighted by atomic mass is 9.90. The van der Waals surface area contributed by atoms with Crippen LogP contribution in [0.5, 0.6) is 0 Å². The molecule has 1 aromatic rings. The first-order valence-corrected chi connectivity index (χ1v) is 6.69. The number of nitrogens with two attached hydrogens (primary N) is 1. The van der Waals surface area contributed by atoms with Gasteiger partial charge in [-0.25, -0.2) is 4.98 Å². The first kappa shape index (κ1) is 13.1. The zero-order chi connectivity index (χ0) is 12.3. The molecule has 0 bridgehead atoms. The van der Waals surface area contributed by atoms with Gasteiger partial charge in [0.2, 0.25) is 0 Å². The van der Waals surface area contributed by atoms with Gasteiger partial charge in [0.1, 0.15) is 5.82 Å². The van der Waals surface area contributed by atoms with Gasteiger partial charge in [-0.2, -0.15) is 0 Å². The molecule has 4 nitrogen and oxygen atoms in total. The second-order valence-corrected chi connectivity index (χ2v) is 5.50. The topological polar surface area (TPSA) is 60.2 Å². The zero-order valence-corrected chi connectivity index (χ0v) is 11.7. The maximum atomic E-state index is 5.88. The second kappa shape index (κ2) is 5.52. The van der Waals surface area contributed by atoms with Crippen LogP contribution in [0.4, 0.5) is 5.82 Å². The van der Waals surface area contributed by atoms with E-state index in [1.165, 1.54) is 0 Å². The van der Waals surface area contributed by atoms with E-state index in [-0.39, 0.29) is 5.54 Å². The van der Waals surface area contributed by atoms with Gasteiger partial charge in [0, 0.05) is 26.0 Å². The number of ether oxygens (including phenoxy) is 1. The lowest BCUT2D eigenvalue weighted by Gasteiger charge is -2.37. The maximum Gasteiger partial charge on any atom is 0.140 e. The summed E-state index contributed by atoms with van der Waals surface area (Å²) < 4.78 is 6.22. The van der Waals surface area contributed by atoms with Gasteiger partial charge in [0.05, 0.1) is 15.0 Å². The summed E-state index contributed by atoms with van der Waals surface area (Å²) in [5.41, 5.74) is 5.76. The Balaban J connectivity index is 2.17. The number of aromatic nitrogens is 1. The minimum Gasteiger partial charge on any atom is -0.381 e. The molecule has 1 aliphatic rings. The number of pyridine rings is 1. The van der Waals surface area contributed by atoms with Crippen LogP contribution in [0.3, 0.4) is 0 Å². The average molecular weight is 321 g/mol. The van der Waals surface area contributed by atoms with Crippen molar-refractivity contribution < 1.29 is 4.74 Å². The fourth-order valence-corrected chi connectivity index (χ4v) is 2.64. The van der Waals surface area contributed by atoms with E-state index in [9.17, 15) is 0 Å². The van der Waals surface area contributed by atoms with E-state index in [1.54, 1.807) is 6.20 Å². The van der Waals surface area contributed by atoms with Crippen LogP contribution in [-0.2, 0) is 4.74 Å². The van der Waals surface area contributed by atoms with Crippen molar-refractivity contribution in [3.8, 4) is 0 Å². The Labute approximate surface area is 114 Å². The molecule has 3 N–H and O–H groups in total. The van der Waals surface area contributed by atoms with Crippen LogP contribution in [-0.4, -0.2) is 30.3 Å². The number of nitrogens with one attached hydrogen (secondary N) is 1. The predicted molar refractivity (Wildman–Crippen MR) is 72.4 cm³/mol. The number of hydrogen-bond donors (Lipinski definition) is 2. The van der Waals surface area contributed by atoms with Gasteiger partial charge in [-0.15, -0.1) is 0 Å². The van der Waals surface area contributed by atoms with Crippen LogP contribution in [0.2, 0.25) is 5.02 Å². The Hall–Kier alpha value is -0.360. The third-order valence-corrected chi connectivity index (χ3v) is 3.84. The largest absolute Gasteiger partial charge is 0.381 e. The summed E-state index contributed by atoms with van der Waals surface area (Å²) in [6.45, 7) is 2.03. The zero-order valence-electron chi connectivity index (χ0n) is 9.38. The minimum absolute atomic E-state index is 0.123. The molecule has 17 heavy (non-hydrogen) atoms. The van der Waals surface area contributed by atoms with E-state index < -0.39 is 0 Å². The van der Waals surface area contributed by atoms with Gasteiger partial charge in [0.25, 0.3) is 0 Å². The molecule has 0 amide bonds. The molecule has 0 spiro atoms. The number of nitrogens with zero attached hydrogens (tertiary/aromatic N) is 1. The fraction of sp³-hybridized carbons (Fsp3) is 0.545. The molecule has 0 atom stereocenters. The third-order valence-electron chi connectivity index (χ3n) is 3.03. The van der Waals surface area contributed by atoms with Crippen LogP contribution in [0.15, 0.2) is 16.7 Å². The van der Waals surface area contributed by atoms with E-state index in [0.29, 0.717) is 11.6 Å². The monoisotopic (exact) mass is 319 g/mol. The van der Waals surface area contributed by atoms with E-state index in [2.05, 4.69) is 26.2 Å². The smallest absolute Gasteiger partial charge is 0.140 e. The van der Waals surface area contributed by atoms with Crippen molar-refractivity contribution in [1.29, 1.82) is 0 Å². The number of hydrogen-bond acceptors (Lipinski definition) is 4. The fourth-order valence-electron chi connectivity index (χ4n) is 1.90. The molecule has 0 aliphatic carbocycles. The summed E-state index contributed by atoms with van der Waals surface area (Å²) in [5, 5.41) is 4.03. The van der Waals surface area contributed by atoms with Gasteiger partial charge >= 0.3 is 0 Å². The maximum absolute atomic E-state index is 5.88. The molecular formula is C11H15BrClN3O. The van der Waals surface area contributed by atoms with Gasteiger partial charge in [-0.1, -0.05) is 11.6 Å². The highest BCUT2D eigenvalue weighted by Crippen LogP contribution is 2.29. The van der Waals surface area contributed by atoms with Gasteiger partial charge in [-0.3, -0.25) is 0 Å². The molecule has 2 rings (SSSR count).